The molecule has 2 aromatic carbocycles. The molecule has 1 aliphatic rings. The highest BCUT2D eigenvalue weighted by atomic mass is 19.4. The second kappa shape index (κ2) is 6.11. The second-order valence-electron chi connectivity index (χ2n) is 6.05. The molecule has 0 unspecified atom stereocenters. The highest BCUT2D eigenvalue weighted by Gasteiger charge is 2.38. The van der Waals surface area contributed by atoms with E-state index in [9.17, 15) is 22.8 Å². The number of nitrogens with zero attached hydrogens (tertiary/aromatic N) is 3. The van der Waals surface area contributed by atoms with E-state index in [2.05, 4.69) is 10.3 Å². The Labute approximate surface area is 151 Å². The molecule has 0 atom stereocenters. The topological polar surface area (TPSA) is 67.2 Å². The van der Waals surface area contributed by atoms with Crippen LogP contribution in [0.25, 0.3) is 11.0 Å². The van der Waals surface area contributed by atoms with Gasteiger partial charge < -0.3 is 9.88 Å². The molecule has 0 saturated heterocycles. The molecule has 0 radical (unpaired) electrons. The van der Waals surface area contributed by atoms with Crippen molar-refractivity contribution in [1.82, 2.24) is 9.55 Å². The largest absolute Gasteiger partial charge is 0.449 e. The smallest absolute Gasteiger partial charge is 0.323 e. The summed E-state index contributed by atoms with van der Waals surface area (Å²) in [7, 11) is 0. The van der Waals surface area contributed by atoms with Crippen LogP contribution >= 0.6 is 0 Å². The average molecular weight is 374 g/mol. The van der Waals surface area contributed by atoms with Gasteiger partial charge in [-0.25, -0.2) is 4.98 Å². The molecule has 6 nitrogen and oxygen atoms in total. The molecular formula is C18H13F3N4O2. The van der Waals surface area contributed by atoms with Crippen molar-refractivity contribution in [2.45, 2.75) is 12.7 Å². The summed E-state index contributed by atoms with van der Waals surface area (Å²) in [5.74, 6) is -2.19. The number of halogens is 3. The monoisotopic (exact) mass is 374 g/mol. The van der Waals surface area contributed by atoms with Gasteiger partial charge in [-0.05, 0) is 24.3 Å². The second-order valence-corrected chi connectivity index (χ2v) is 6.05. The first-order valence-corrected chi connectivity index (χ1v) is 8.06. The van der Waals surface area contributed by atoms with E-state index in [1.807, 2.05) is 0 Å². The Kier molecular flexibility index (Phi) is 3.87. The van der Waals surface area contributed by atoms with Crippen molar-refractivity contribution in [3.63, 3.8) is 0 Å². The van der Waals surface area contributed by atoms with Crippen molar-refractivity contribution in [3.05, 3.63) is 54.4 Å². The van der Waals surface area contributed by atoms with Crippen molar-refractivity contribution >= 4 is 34.2 Å². The summed E-state index contributed by atoms with van der Waals surface area (Å²) in [5, 5.41) is 2.64. The first-order chi connectivity index (χ1) is 12.8. The van der Waals surface area contributed by atoms with Gasteiger partial charge in [-0.2, -0.15) is 13.2 Å². The summed E-state index contributed by atoms with van der Waals surface area (Å²) in [6.45, 7) is -0.846. The van der Waals surface area contributed by atoms with E-state index >= 15 is 0 Å². The number of rotatable bonds is 2. The zero-order chi connectivity index (χ0) is 19.2. The van der Waals surface area contributed by atoms with Crippen LogP contribution in [0.1, 0.15) is 5.82 Å². The fourth-order valence-corrected chi connectivity index (χ4v) is 3.13. The number of nitrogens with one attached hydrogen (secondary N) is 1. The number of amides is 2. The SMILES string of the molecule is O=C1CN(C(=O)Cn2c(C(F)(F)F)nc3ccccc32)c2ccccc2N1. The number of fused-ring (bicyclic) bond motifs is 2. The molecule has 0 fully saturated rings. The Bertz CT molecular complexity index is 1060. The lowest BCUT2D eigenvalue weighted by molar-refractivity contribution is -0.147. The van der Waals surface area contributed by atoms with Gasteiger partial charge in [-0.1, -0.05) is 24.3 Å². The minimum absolute atomic E-state index is 0.148. The lowest BCUT2D eigenvalue weighted by atomic mass is 10.2. The van der Waals surface area contributed by atoms with Gasteiger partial charge in [0.1, 0.15) is 13.1 Å². The highest BCUT2D eigenvalue weighted by Crippen LogP contribution is 2.33. The van der Waals surface area contributed by atoms with Gasteiger partial charge in [0.05, 0.1) is 22.4 Å². The van der Waals surface area contributed by atoms with Gasteiger partial charge in [0.2, 0.25) is 17.6 Å². The normalized spacial score (nSPS) is 14.2. The number of hydrogen-bond acceptors (Lipinski definition) is 3. The maximum Gasteiger partial charge on any atom is 0.449 e. The summed E-state index contributed by atoms with van der Waals surface area (Å²) in [5.41, 5.74) is 1.23. The number of imidazole rings is 1. The Morgan fingerprint density at radius 2 is 1.81 bits per heavy atom. The van der Waals surface area contributed by atoms with Crippen LogP contribution in [0.15, 0.2) is 48.5 Å². The number of aromatic nitrogens is 2. The molecule has 1 aliphatic heterocycles. The molecule has 27 heavy (non-hydrogen) atoms. The molecule has 0 spiro atoms. The quantitative estimate of drug-likeness (QED) is 0.750. The molecule has 2 amide bonds. The molecular weight excluding hydrogens is 361 g/mol. The van der Waals surface area contributed by atoms with Crippen LogP contribution in [0.2, 0.25) is 0 Å². The van der Waals surface area contributed by atoms with E-state index in [1.165, 1.54) is 17.0 Å². The molecule has 0 bridgehead atoms. The molecule has 0 saturated carbocycles. The minimum Gasteiger partial charge on any atom is -0.323 e. The van der Waals surface area contributed by atoms with E-state index in [4.69, 9.17) is 0 Å². The molecule has 138 valence electrons. The number of anilines is 2. The van der Waals surface area contributed by atoms with Crippen molar-refractivity contribution in [2.24, 2.45) is 0 Å². The van der Waals surface area contributed by atoms with Crippen LogP contribution in [0, 0.1) is 0 Å². The van der Waals surface area contributed by atoms with Gasteiger partial charge in [-0.15, -0.1) is 0 Å². The third-order valence-corrected chi connectivity index (χ3v) is 4.27. The number of carbonyl (C=O) groups excluding carboxylic acids is 2. The Morgan fingerprint density at radius 1 is 1.11 bits per heavy atom. The van der Waals surface area contributed by atoms with Crippen LogP contribution in [0.3, 0.4) is 0 Å². The van der Waals surface area contributed by atoms with E-state index in [0.29, 0.717) is 11.4 Å². The van der Waals surface area contributed by atoms with E-state index in [-0.39, 0.29) is 17.6 Å². The van der Waals surface area contributed by atoms with Crippen molar-refractivity contribution < 1.29 is 22.8 Å². The van der Waals surface area contributed by atoms with Crippen molar-refractivity contribution in [1.29, 1.82) is 0 Å². The average Bonchev–Trinajstić information content (AvgIpc) is 3.00. The lowest BCUT2D eigenvalue weighted by Gasteiger charge is -2.29. The van der Waals surface area contributed by atoms with Crippen LogP contribution in [0.5, 0.6) is 0 Å². The van der Waals surface area contributed by atoms with E-state index < -0.39 is 30.4 Å². The summed E-state index contributed by atoms with van der Waals surface area (Å²) in [6, 6.07) is 12.7. The van der Waals surface area contributed by atoms with Crippen LogP contribution in [-0.2, 0) is 22.3 Å². The third-order valence-electron chi connectivity index (χ3n) is 4.27. The predicted molar refractivity (Wildman–Crippen MR) is 92.2 cm³/mol. The van der Waals surface area contributed by atoms with Gasteiger partial charge in [-0.3, -0.25) is 14.5 Å². The Balaban J connectivity index is 1.75. The summed E-state index contributed by atoms with van der Waals surface area (Å²) in [4.78, 5) is 29.5. The van der Waals surface area contributed by atoms with Gasteiger partial charge in [0.15, 0.2) is 0 Å². The highest BCUT2D eigenvalue weighted by molar-refractivity contribution is 6.10. The standard InChI is InChI=1S/C18H13F3N4O2/c19-18(20,21)17-23-12-6-2-4-8-14(12)25(17)10-16(27)24-9-15(26)22-11-5-1-3-7-13(11)24/h1-8H,9-10H2,(H,22,26). The summed E-state index contributed by atoms with van der Waals surface area (Å²) in [6.07, 6.45) is -4.71. The Hall–Kier alpha value is -3.36. The number of alkyl halides is 3. The summed E-state index contributed by atoms with van der Waals surface area (Å²) < 4.78 is 41.1. The van der Waals surface area contributed by atoms with Crippen LogP contribution in [0.4, 0.5) is 24.5 Å². The molecule has 9 heteroatoms. The molecule has 1 N–H and O–H groups in total. The maximum absolute atomic E-state index is 13.4. The van der Waals surface area contributed by atoms with E-state index in [0.717, 1.165) is 4.57 Å². The van der Waals surface area contributed by atoms with Crippen LogP contribution in [-0.4, -0.2) is 27.9 Å². The van der Waals surface area contributed by atoms with Crippen LogP contribution < -0.4 is 10.2 Å². The van der Waals surface area contributed by atoms with Gasteiger partial charge >= 0.3 is 6.18 Å². The number of hydrogen-bond donors (Lipinski definition) is 1. The van der Waals surface area contributed by atoms with Crippen molar-refractivity contribution in [3.8, 4) is 0 Å². The first kappa shape index (κ1) is 17.1. The molecule has 4 rings (SSSR count). The third kappa shape index (κ3) is 3.01. The minimum atomic E-state index is -4.71. The number of para-hydroxylation sites is 4. The number of carbonyl (C=O) groups is 2. The van der Waals surface area contributed by atoms with Crippen molar-refractivity contribution in [2.75, 3.05) is 16.8 Å². The number of benzene rings is 2. The fraction of sp³-hybridized carbons (Fsp3) is 0.167. The van der Waals surface area contributed by atoms with Gasteiger partial charge in [0, 0.05) is 0 Å². The van der Waals surface area contributed by atoms with E-state index in [1.54, 1.807) is 36.4 Å². The zero-order valence-electron chi connectivity index (χ0n) is 13.8. The maximum atomic E-state index is 13.4. The molecule has 1 aromatic heterocycles. The van der Waals surface area contributed by atoms with Gasteiger partial charge in [0.25, 0.3) is 0 Å². The predicted octanol–water partition coefficient (Wildman–Crippen LogP) is 3.04. The Morgan fingerprint density at radius 3 is 2.59 bits per heavy atom. The summed E-state index contributed by atoms with van der Waals surface area (Å²) >= 11 is 0. The molecule has 3 aromatic rings. The zero-order valence-corrected chi connectivity index (χ0v) is 13.8. The molecule has 2 heterocycles. The molecule has 0 aliphatic carbocycles. The lowest BCUT2D eigenvalue weighted by Crippen LogP contribution is -2.43. The first-order valence-electron chi connectivity index (χ1n) is 8.06. The fourth-order valence-electron chi connectivity index (χ4n) is 3.13.